The molecule has 6 heteroatoms. The van der Waals surface area contributed by atoms with Gasteiger partial charge in [-0.25, -0.2) is 4.98 Å². The predicted octanol–water partition coefficient (Wildman–Crippen LogP) is 12.5. The number of carbonyl (C=O) groups is 1. The summed E-state index contributed by atoms with van der Waals surface area (Å²) in [6, 6.07) is 19.5. The van der Waals surface area contributed by atoms with Gasteiger partial charge >= 0.3 is 0 Å². The number of thiophene rings is 1. The largest absolute Gasteiger partial charge is 0.512 e. The number of hydrogen-bond donors (Lipinski definition) is 1. The molecule has 2 aromatic heterocycles. The Balaban J connectivity index is 0.000000347. The van der Waals surface area contributed by atoms with Gasteiger partial charge in [-0.15, -0.1) is 40.5 Å². The van der Waals surface area contributed by atoms with Crippen molar-refractivity contribution in [3.05, 3.63) is 83.4 Å². The van der Waals surface area contributed by atoms with Gasteiger partial charge in [0.1, 0.15) is 6.33 Å². The molecule has 0 saturated carbocycles. The van der Waals surface area contributed by atoms with Gasteiger partial charge < -0.3 is 5.11 Å². The second-order valence-electron chi connectivity index (χ2n) is 15.5. The summed E-state index contributed by atoms with van der Waals surface area (Å²) in [6.45, 7) is 23.9. The summed E-state index contributed by atoms with van der Waals surface area (Å²) in [7, 11) is 0. The first-order chi connectivity index (χ1) is 22.6. The molecule has 1 radical (unpaired) electrons. The van der Waals surface area contributed by atoms with Crippen LogP contribution in [0, 0.1) is 30.2 Å². The van der Waals surface area contributed by atoms with Crippen molar-refractivity contribution in [2.45, 2.75) is 114 Å². The maximum absolute atomic E-state index is 11.7. The molecule has 0 unspecified atom stereocenters. The van der Waals surface area contributed by atoms with E-state index in [9.17, 15) is 9.90 Å². The van der Waals surface area contributed by atoms with Gasteiger partial charge in [-0.1, -0.05) is 110 Å². The summed E-state index contributed by atoms with van der Waals surface area (Å²) in [6.07, 6.45) is 7.67. The van der Waals surface area contributed by atoms with E-state index >= 15 is 0 Å². The first-order valence-electron chi connectivity index (χ1n) is 17.7. The van der Waals surface area contributed by atoms with Crippen LogP contribution in [0.1, 0.15) is 112 Å². The Labute approximate surface area is 312 Å². The van der Waals surface area contributed by atoms with E-state index in [0.29, 0.717) is 0 Å². The van der Waals surface area contributed by atoms with Crippen molar-refractivity contribution in [3.8, 4) is 11.3 Å². The number of aryl methyl sites for hydroxylation is 1. The maximum Gasteiger partial charge on any atom is 0.162 e. The van der Waals surface area contributed by atoms with Gasteiger partial charge in [0.05, 0.1) is 11.3 Å². The zero-order chi connectivity index (χ0) is 35.4. The van der Waals surface area contributed by atoms with Gasteiger partial charge in [0.2, 0.25) is 0 Å². The number of fused-ring (bicyclic) bond motifs is 4. The third-order valence-electron chi connectivity index (χ3n) is 9.22. The summed E-state index contributed by atoms with van der Waals surface area (Å²) in [4.78, 5) is 21.2. The summed E-state index contributed by atoms with van der Waals surface area (Å²) in [5, 5.41) is 13.4. The minimum atomic E-state index is 0. The SMILES string of the molecule is CCC(CC)C(=O)/C=C(\O)C(CC)CC.Cc1ccc2c(C(C)(C)C)cc(-c3ncnc4c3sc3cc(CC(C)(C)C)ccc34)[c-]c2c1.[Ir]. The van der Waals surface area contributed by atoms with Gasteiger partial charge in [0, 0.05) is 58.5 Å². The zero-order valence-corrected chi connectivity index (χ0v) is 34.6. The molecule has 0 aliphatic heterocycles. The number of nitrogens with zero attached hydrogens (tertiary/aromatic N) is 2. The van der Waals surface area contributed by atoms with E-state index in [1.54, 1.807) is 17.7 Å². The molecule has 0 aliphatic carbocycles. The standard InChI is InChI=1S/C30H31N2S.C13H24O2.Ir/c1-18-8-10-22-20(12-18)14-21(15-24(22)30(5,6)7)26-28-27(32-17-31-26)23-11-9-19(13-25(23)33-28)16-29(2,3)4;1-5-10(6-2)12(14)9-13(15)11(7-3)8-4;/h8-13,15,17H,16H2,1-7H3;9-11,14H,5-8H2,1-4H3;/q-1;;/b;12-9-;. The fraction of sp³-hybridized carbons (Fsp3) is 0.465. The maximum atomic E-state index is 11.7. The minimum Gasteiger partial charge on any atom is -0.512 e. The number of ketones is 1. The molecule has 0 spiro atoms. The molecule has 5 rings (SSSR count). The van der Waals surface area contributed by atoms with E-state index in [2.05, 4.69) is 97.0 Å². The molecule has 2 heterocycles. The quantitative estimate of drug-likeness (QED) is 0.0911. The number of rotatable bonds is 9. The summed E-state index contributed by atoms with van der Waals surface area (Å²) < 4.78 is 2.42. The molecule has 0 bridgehead atoms. The molecular weight excluding hydrogens is 801 g/mol. The van der Waals surface area contributed by atoms with Gasteiger partial charge in [0.25, 0.3) is 0 Å². The van der Waals surface area contributed by atoms with Crippen molar-refractivity contribution >= 4 is 48.2 Å². The van der Waals surface area contributed by atoms with Crippen LogP contribution in [-0.2, 0) is 36.7 Å². The van der Waals surface area contributed by atoms with E-state index in [1.807, 2.05) is 27.7 Å². The molecule has 0 amide bonds. The van der Waals surface area contributed by atoms with Gasteiger partial charge in [-0.2, -0.15) is 0 Å². The van der Waals surface area contributed by atoms with Crippen molar-refractivity contribution in [1.82, 2.24) is 9.97 Å². The summed E-state index contributed by atoms with van der Waals surface area (Å²) in [5.41, 5.74) is 7.29. The van der Waals surface area contributed by atoms with Gasteiger partial charge in [-0.05, 0) is 61.5 Å². The van der Waals surface area contributed by atoms with Crippen molar-refractivity contribution < 1.29 is 30.0 Å². The first kappa shape index (κ1) is 40.5. The third kappa shape index (κ3) is 9.87. The van der Waals surface area contributed by atoms with Crippen LogP contribution in [-0.4, -0.2) is 20.9 Å². The van der Waals surface area contributed by atoms with Crippen LogP contribution in [0.15, 0.2) is 60.6 Å². The van der Waals surface area contributed by atoms with Crippen LogP contribution in [0.2, 0.25) is 0 Å². The van der Waals surface area contributed by atoms with E-state index in [-0.39, 0.29) is 54.3 Å². The Morgan fingerprint density at radius 2 is 1.51 bits per heavy atom. The number of aromatic nitrogens is 2. The van der Waals surface area contributed by atoms with Crippen molar-refractivity contribution in [1.29, 1.82) is 0 Å². The van der Waals surface area contributed by atoms with E-state index in [1.165, 1.54) is 38.2 Å². The molecule has 0 atom stereocenters. The van der Waals surface area contributed by atoms with Crippen LogP contribution >= 0.6 is 11.3 Å². The van der Waals surface area contributed by atoms with Crippen LogP contribution in [0.25, 0.3) is 42.3 Å². The van der Waals surface area contributed by atoms with Crippen molar-refractivity contribution in [2.24, 2.45) is 17.3 Å². The second kappa shape index (κ2) is 16.9. The smallest absolute Gasteiger partial charge is 0.162 e. The third-order valence-corrected chi connectivity index (χ3v) is 10.4. The minimum absolute atomic E-state index is 0. The second-order valence-corrected chi connectivity index (χ2v) is 16.5. The Morgan fingerprint density at radius 1 is 0.878 bits per heavy atom. The molecule has 0 saturated heterocycles. The van der Waals surface area contributed by atoms with E-state index < -0.39 is 0 Å². The van der Waals surface area contributed by atoms with Crippen molar-refractivity contribution in [2.75, 3.05) is 0 Å². The molecule has 49 heavy (non-hydrogen) atoms. The van der Waals surface area contributed by atoms with Crippen LogP contribution in [0.3, 0.4) is 0 Å². The fourth-order valence-corrected chi connectivity index (χ4v) is 7.68. The van der Waals surface area contributed by atoms with Gasteiger partial charge in [0.15, 0.2) is 5.78 Å². The molecular formula is C43H55IrN2O2S-. The molecule has 4 nitrogen and oxygen atoms in total. The number of carbonyl (C=O) groups excluding carboxylic acids is 1. The molecule has 265 valence electrons. The average molecular weight is 856 g/mol. The molecule has 5 aromatic rings. The molecule has 1 N–H and O–H groups in total. The first-order valence-corrected chi connectivity index (χ1v) is 18.5. The Kier molecular flexibility index (Phi) is 13.9. The van der Waals surface area contributed by atoms with E-state index in [0.717, 1.165) is 59.0 Å². The topological polar surface area (TPSA) is 63.1 Å². The van der Waals surface area contributed by atoms with Crippen LogP contribution in [0.4, 0.5) is 0 Å². The number of hydrogen-bond acceptors (Lipinski definition) is 5. The average Bonchev–Trinajstić information content (AvgIpc) is 3.38. The normalized spacial score (nSPS) is 12.5. The monoisotopic (exact) mass is 856 g/mol. The molecule has 0 aliphatic rings. The zero-order valence-electron chi connectivity index (χ0n) is 31.4. The van der Waals surface area contributed by atoms with Gasteiger partial charge in [-0.3, -0.25) is 9.78 Å². The Hall–Kier alpha value is -2.92. The Bertz CT molecular complexity index is 1920. The number of aliphatic hydroxyl groups excluding tert-OH is 1. The van der Waals surface area contributed by atoms with Crippen molar-refractivity contribution in [3.63, 3.8) is 0 Å². The fourth-order valence-electron chi connectivity index (χ4n) is 6.46. The number of benzene rings is 3. The van der Waals surface area contributed by atoms with E-state index in [4.69, 9.17) is 9.97 Å². The summed E-state index contributed by atoms with van der Waals surface area (Å²) in [5.74, 6) is 0.547. The van der Waals surface area contributed by atoms with Crippen LogP contribution < -0.4 is 0 Å². The van der Waals surface area contributed by atoms with Crippen LogP contribution in [0.5, 0.6) is 0 Å². The number of aliphatic hydroxyl groups is 1. The molecule has 3 aromatic carbocycles. The molecule has 0 fully saturated rings. The predicted molar refractivity (Wildman–Crippen MR) is 207 cm³/mol. The summed E-state index contributed by atoms with van der Waals surface area (Å²) >= 11 is 1.80. The number of allylic oxidation sites excluding steroid dienone is 2. The Morgan fingerprint density at radius 3 is 2.10 bits per heavy atom.